The predicted molar refractivity (Wildman–Crippen MR) is 142 cm³/mol. The van der Waals surface area contributed by atoms with Crippen molar-refractivity contribution >= 4 is 29.3 Å². The molecule has 11 nitrogen and oxygen atoms in total. The van der Waals surface area contributed by atoms with Crippen molar-refractivity contribution in [1.29, 1.82) is 0 Å². The number of aromatic nitrogens is 1. The van der Waals surface area contributed by atoms with Crippen molar-refractivity contribution in [3.05, 3.63) is 60.0 Å². The third-order valence-corrected chi connectivity index (χ3v) is 7.77. The summed E-state index contributed by atoms with van der Waals surface area (Å²) in [5, 5.41) is 45.0. The molecule has 3 aliphatic rings. The third kappa shape index (κ3) is 5.46. The van der Waals surface area contributed by atoms with Crippen LogP contribution in [0.1, 0.15) is 23.7 Å². The number of carbonyl (C=O) groups is 1. The van der Waals surface area contributed by atoms with E-state index in [2.05, 4.69) is 22.9 Å². The summed E-state index contributed by atoms with van der Waals surface area (Å²) in [5.41, 5.74) is 3.66. The molecular formula is C27H35ClN2O9. The molecule has 1 aromatic carbocycles. The largest absolute Gasteiger partial charge is 0.471 e. The molecule has 0 amide bonds. The second kappa shape index (κ2) is 12.4. The van der Waals surface area contributed by atoms with Gasteiger partial charge < -0.3 is 49.7 Å². The number of benzene rings is 1. The molecule has 39 heavy (non-hydrogen) atoms. The Balaban J connectivity index is 0.00000353. The van der Waals surface area contributed by atoms with E-state index in [9.17, 15) is 25.2 Å². The van der Waals surface area contributed by atoms with Crippen LogP contribution >= 0.6 is 12.4 Å². The van der Waals surface area contributed by atoms with E-state index in [4.69, 9.17) is 18.9 Å². The summed E-state index contributed by atoms with van der Waals surface area (Å²) >= 11 is 0. The van der Waals surface area contributed by atoms with Crippen LogP contribution < -0.4 is 5.32 Å². The lowest BCUT2D eigenvalue weighted by Crippen LogP contribution is -2.60. The fourth-order valence-electron chi connectivity index (χ4n) is 5.74. The van der Waals surface area contributed by atoms with Crippen LogP contribution in [0.2, 0.25) is 0 Å². The molecule has 214 valence electrons. The van der Waals surface area contributed by atoms with E-state index in [0.717, 1.165) is 24.2 Å². The van der Waals surface area contributed by atoms with Gasteiger partial charge in [0.15, 0.2) is 6.29 Å². The topological polar surface area (TPSA) is 163 Å². The number of para-hydroxylation sites is 1. The van der Waals surface area contributed by atoms with Gasteiger partial charge in [-0.25, -0.2) is 4.79 Å². The number of hydrogen-bond acceptors (Lipinski definition) is 10. The number of esters is 1. The maximum atomic E-state index is 12.7. The number of nitrogens with one attached hydrogen (secondary N) is 2. The molecule has 0 spiro atoms. The summed E-state index contributed by atoms with van der Waals surface area (Å²) in [7, 11) is 1.30. The van der Waals surface area contributed by atoms with Crippen LogP contribution in [0.3, 0.4) is 0 Å². The molecule has 1 saturated heterocycles. The van der Waals surface area contributed by atoms with Crippen molar-refractivity contribution in [3.8, 4) is 0 Å². The summed E-state index contributed by atoms with van der Waals surface area (Å²) in [4.78, 5) is 16.3. The number of methoxy groups -OCH3 is 1. The average molecular weight is 567 g/mol. The van der Waals surface area contributed by atoms with E-state index in [1.807, 2.05) is 18.2 Å². The summed E-state index contributed by atoms with van der Waals surface area (Å²) in [6, 6.07) is 8.02. The van der Waals surface area contributed by atoms with Gasteiger partial charge >= 0.3 is 5.97 Å². The molecule has 1 fully saturated rings. The number of fused-ring (bicyclic) bond motifs is 3. The highest BCUT2D eigenvalue weighted by molar-refractivity contribution is 5.89. The molecular weight excluding hydrogens is 532 g/mol. The maximum Gasteiger partial charge on any atom is 0.337 e. The molecule has 0 aliphatic carbocycles. The van der Waals surface area contributed by atoms with Crippen molar-refractivity contribution in [1.82, 2.24) is 10.3 Å². The highest BCUT2D eigenvalue weighted by Gasteiger charge is 2.48. The molecule has 3 aliphatic heterocycles. The number of rotatable bonds is 7. The number of ether oxygens (including phenoxy) is 4. The van der Waals surface area contributed by atoms with Crippen LogP contribution in [-0.2, 0) is 30.2 Å². The Bertz CT molecular complexity index is 1200. The minimum atomic E-state index is -1.60. The molecule has 4 heterocycles. The van der Waals surface area contributed by atoms with E-state index in [0.29, 0.717) is 12.0 Å². The molecule has 12 heteroatoms. The summed E-state index contributed by atoms with van der Waals surface area (Å²) in [5.74, 6) is -1.56. The number of aromatic amines is 1. The Morgan fingerprint density at radius 3 is 2.67 bits per heavy atom. The van der Waals surface area contributed by atoms with E-state index in [1.54, 1.807) is 6.08 Å². The quantitative estimate of drug-likeness (QED) is 0.209. The SMILES string of the molecule is C=C[C@H]1[C@H](O[C@@H]2O[C@H](CO)[C@@H](O)[C@H](O)[C@H]2O)OC=C(C(=O)OC)[C@H]1C[C@@H]1NCCc2c1[nH]c1ccccc21.Cl. The molecule has 6 N–H and O–H groups in total. The molecule has 0 bridgehead atoms. The van der Waals surface area contributed by atoms with Crippen LogP contribution in [0.4, 0.5) is 0 Å². The Morgan fingerprint density at radius 1 is 1.18 bits per heavy atom. The average Bonchev–Trinajstić information content (AvgIpc) is 3.33. The van der Waals surface area contributed by atoms with Gasteiger partial charge in [0.25, 0.3) is 0 Å². The van der Waals surface area contributed by atoms with Crippen molar-refractivity contribution in [2.45, 2.75) is 55.9 Å². The first-order valence-electron chi connectivity index (χ1n) is 12.7. The van der Waals surface area contributed by atoms with Gasteiger partial charge in [0.1, 0.15) is 24.4 Å². The molecule has 5 rings (SSSR count). The second-order valence-corrected chi connectivity index (χ2v) is 9.88. The van der Waals surface area contributed by atoms with Gasteiger partial charge in [0.05, 0.1) is 25.6 Å². The third-order valence-electron chi connectivity index (χ3n) is 7.77. The Morgan fingerprint density at radius 2 is 1.95 bits per heavy atom. The van der Waals surface area contributed by atoms with Gasteiger partial charge in [-0.05, 0) is 31.0 Å². The summed E-state index contributed by atoms with van der Waals surface area (Å²) < 4.78 is 22.2. The Hall–Kier alpha value is -2.48. The van der Waals surface area contributed by atoms with Gasteiger partial charge in [-0.1, -0.05) is 24.3 Å². The van der Waals surface area contributed by atoms with Gasteiger partial charge in [-0.3, -0.25) is 0 Å². The zero-order chi connectivity index (χ0) is 27.0. The van der Waals surface area contributed by atoms with Crippen molar-refractivity contribution in [2.75, 3.05) is 20.3 Å². The lowest BCUT2D eigenvalue weighted by atomic mass is 9.78. The molecule has 0 saturated carbocycles. The van der Waals surface area contributed by atoms with Crippen molar-refractivity contribution in [3.63, 3.8) is 0 Å². The van der Waals surface area contributed by atoms with E-state index in [1.165, 1.54) is 24.3 Å². The summed E-state index contributed by atoms with van der Waals surface area (Å²) in [6.07, 6.45) is -4.03. The number of aliphatic hydroxyl groups is 4. The summed E-state index contributed by atoms with van der Waals surface area (Å²) in [6.45, 7) is 4.13. The fraction of sp³-hybridized carbons (Fsp3) is 0.519. The first-order chi connectivity index (χ1) is 18.4. The van der Waals surface area contributed by atoms with E-state index in [-0.39, 0.29) is 18.4 Å². The van der Waals surface area contributed by atoms with Gasteiger partial charge in [-0.2, -0.15) is 0 Å². The van der Waals surface area contributed by atoms with Crippen LogP contribution in [0.25, 0.3) is 10.9 Å². The Labute approximate surface area is 231 Å². The molecule has 1 aromatic heterocycles. The first-order valence-corrected chi connectivity index (χ1v) is 12.7. The van der Waals surface area contributed by atoms with Gasteiger partial charge in [-0.15, -0.1) is 19.0 Å². The van der Waals surface area contributed by atoms with Crippen LogP contribution in [-0.4, -0.2) is 88.6 Å². The van der Waals surface area contributed by atoms with Gasteiger partial charge in [0, 0.05) is 34.5 Å². The van der Waals surface area contributed by atoms with E-state index < -0.39 is 61.4 Å². The first kappa shape index (κ1) is 29.5. The van der Waals surface area contributed by atoms with Crippen LogP contribution in [0, 0.1) is 11.8 Å². The number of H-pyrrole nitrogens is 1. The zero-order valence-electron chi connectivity index (χ0n) is 21.4. The number of hydrogen-bond donors (Lipinski definition) is 6. The van der Waals surface area contributed by atoms with Gasteiger partial charge in [0.2, 0.25) is 6.29 Å². The zero-order valence-corrected chi connectivity index (χ0v) is 22.3. The molecule has 2 aromatic rings. The van der Waals surface area contributed by atoms with Crippen molar-refractivity contribution < 1.29 is 44.2 Å². The minimum absolute atomic E-state index is 0. The molecule has 9 atom stereocenters. The smallest absolute Gasteiger partial charge is 0.337 e. The highest BCUT2D eigenvalue weighted by atomic mass is 35.5. The second-order valence-electron chi connectivity index (χ2n) is 9.88. The monoisotopic (exact) mass is 566 g/mol. The highest BCUT2D eigenvalue weighted by Crippen LogP contribution is 2.42. The standard InChI is InChI=1S/C27H34N2O9.ClH/c1-3-13-16(10-19-21-15(8-9-28-19)14-6-4-5-7-18(14)29-21)17(25(34)35-2)12-36-26(13)38-27-24(33)23(32)22(31)20(11-30)37-27;/h3-7,12-13,16,19-20,22-24,26-33H,1,8-11H2,2H3;1H/t13-,16+,19+,20-,22-,23+,24-,26+,27+;/m1./s1. The normalized spacial score (nSPS) is 34.3. The number of halogens is 1. The van der Waals surface area contributed by atoms with Crippen molar-refractivity contribution in [2.24, 2.45) is 11.8 Å². The fourth-order valence-corrected chi connectivity index (χ4v) is 5.74. The van der Waals surface area contributed by atoms with E-state index >= 15 is 0 Å². The van der Waals surface area contributed by atoms with Crippen LogP contribution in [0.5, 0.6) is 0 Å². The lowest BCUT2D eigenvalue weighted by molar-refractivity contribution is -0.339. The number of carbonyl (C=O) groups excluding carboxylic acids is 1. The molecule has 0 unspecified atom stereocenters. The maximum absolute atomic E-state index is 12.7. The minimum Gasteiger partial charge on any atom is -0.471 e. The molecule has 0 radical (unpaired) electrons. The van der Waals surface area contributed by atoms with Crippen LogP contribution in [0.15, 0.2) is 48.8 Å². The lowest BCUT2D eigenvalue weighted by Gasteiger charge is -2.43. The Kier molecular flexibility index (Phi) is 9.35. The number of aliphatic hydroxyl groups excluding tert-OH is 4. The predicted octanol–water partition coefficient (Wildman–Crippen LogP) is 0.815.